The monoisotopic (exact) mass is 187 g/mol. The summed E-state index contributed by atoms with van der Waals surface area (Å²) in [6.07, 6.45) is 0.612. The number of hydrazine groups is 1. The minimum absolute atomic E-state index is 0.209. The third-order valence-electron chi connectivity index (χ3n) is 2.53. The first-order chi connectivity index (χ1) is 6.22. The molecule has 1 heterocycles. The van der Waals surface area contributed by atoms with Gasteiger partial charge in [-0.3, -0.25) is 5.43 Å². The zero-order chi connectivity index (χ0) is 9.68. The molecule has 78 valence electrons. The predicted octanol–water partition coefficient (Wildman–Crippen LogP) is -0.491. The van der Waals surface area contributed by atoms with Crippen LogP contribution in [0.1, 0.15) is 13.3 Å². The Bertz CT molecular complexity index is 135. The quantitative estimate of drug-likeness (QED) is 0.623. The maximum Gasteiger partial charge on any atom is 0.0676 e. The van der Waals surface area contributed by atoms with E-state index < -0.39 is 0 Å². The van der Waals surface area contributed by atoms with Gasteiger partial charge < -0.3 is 10.0 Å². The van der Waals surface area contributed by atoms with E-state index >= 15 is 0 Å². The van der Waals surface area contributed by atoms with E-state index in [4.69, 9.17) is 0 Å². The van der Waals surface area contributed by atoms with Crippen LogP contribution in [0.25, 0.3) is 0 Å². The van der Waals surface area contributed by atoms with Gasteiger partial charge in [-0.15, -0.1) is 0 Å². The Morgan fingerprint density at radius 2 is 1.92 bits per heavy atom. The number of aliphatic hydroxyl groups excluding tert-OH is 1. The summed E-state index contributed by atoms with van der Waals surface area (Å²) in [5, 5.41) is 11.5. The van der Waals surface area contributed by atoms with E-state index in [1.807, 2.05) is 6.92 Å². The van der Waals surface area contributed by atoms with Gasteiger partial charge in [0, 0.05) is 32.7 Å². The zero-order valence-corrected chi connectivity index (χ0v) is 8.66. The molecular formula is C9H21N3O. The Kier molecular flexibility index (Phi) is 4.66. The number of rotatable bonds is 4. The van der Waals surface area contributed by atoms with Crippen molar-refractivity contribution >= 4 is 0 Å². The Hall–Kier alpha value is -0.160. The normalized spacial score (nSPS) is 23.3. The predicted molar refractivity (Wildman–Crippen MR) is 53.4 cm³/mol. The fourth-order valence-corrected chi connectivity index (χ4v) is 1.34. The molecule has 0 bridgehead atoms. The van der Waals surface area contributed by atoms with Crippen LogP contribution < -0.4 is 5.43 Å². The molecule has 1 aliphatic rings. The van der Waals surface area contributed by atoms with Crippen molar-refractivity contribution in [3.63, 3.8) is 0 Å². The highest BCUT2D eigenvalue weighted by Crippen LogP contribution is 1.96. The molecule has 0 amide bonds. The molecule has 1 fully saturated rings. The van der Waals surface area contributed by atoms with E-state index in [0.717, 1.165) is 32.6 Å². The first-order valence-electron chi connectivity index (χ1n) is 5.07. The zero-order valence-electron chi connectivity index (χ0n) is 8.66. The van der Waals surface area contributed by atoms with Crippen LogP contribution >= 0.6 is 0 Å². The molecule has 0 radical (unpaired) electrons. The lowest BCUT2D eigenvalue weighted by Gasteiger charge is -2.33. The average Bonchev–Trinajstić information content (AvgIpc) is 2.16. The van der Waals surface area contributed by atoms with Gasteiger partial charge in [-0.25, -0.2) is 5.01 Å². The molecule has 1 saturated heterocycles. The number of likely N-dealkylation sites (N-methyl/N-ethyl adjacent to an activating group) is 1. The van der Waals surface area contributed by atoms with Crippen molar-refractivity contribution in [2.75, 3.05) is 39.8 Å². The molecule has 2 N–H and O–H groups in total. The summed E-state index contributed by atoms with van der Waals surface area (Å²) in [4.78, 5) is 2.31. The largest absolute Gasteiger partial charge is 0.392 e. The second kappa shape index (κ2) is 5.54. The van der Waals surface area contributed by atoms with Gasteiger partial charge in [-0.1, -0.05) is 6.92 Å². The van der Waals surface area contributed by atoms with Crippen LogP contribution in [0.3, 0.4) is 0 Å². The molecule has 0 aliphatic carbocycles. The minimum Gasteiger partial charge on any atom is -0.392 e. The van der Waals surface area contributed by atoms with Gasteiger partial charge in [-0.2, -0.15) is 0 Å². The highest BCUT2D eigenvalue weighted by atomic mass is 16.3. The highest BCUT2D eigenvalue weighted by Gasteiger charge is 2.13. The van der Waals surface area contributed by atoms with E-state index in [-0.39, 0.29) is 6.10 Å². The van der Waals surface area contributed by atoms with Gasteiger partial charge in [0.1, 0.15) is 0 Å². The first-order valence-corrected chi connectivity index (χ1v) is 5.07. The lowest BCUT2D eigenvalue weighted by atomic mass is 10.3. The average molecular weight is 187 g/mol. The maximum atomic E-state index is 9.34. The molecule has 1 unspecified atom stereocenters. The van der Waals surface area contributed by atoms with Gasteiger partial charge in [0.2, 0.25) is 0 Å². The number of aliphatic hydroxyl groups is 1. The number of hydrogen-bond acceptors (Lipinski definition) is 4. The van der Waals surface area contributed by atoms with Crippen LogP contribution in [-0.2, 0) is 0 Å². The van der Waals surface area contributed by atoms with Crippen LogP contribution in [0.4, 0.5) is 0 Å². The van der Waals surface area contributed by atoms with E-state index in [0.29, 0.717) is 6.54 Å². The second-order valence-electron chi connectivity index (χ2n) is 3.71. The van der Waals surface area contributed by atoms with Gasteiger partial charge in [0.15, 0.2) is 0 Å². The Labute approximate surface area is 80.5 Å². The molecule has 1 aliphatic heterocycles. The van der Waals surface area contributed by atoms with Gasteiger partial charge in [0.25, 0.3) is 0 Å². The lowest BCUT2D eigenvalue weighted by Crippen LogP contribution is -2.52. The van der Waals surface area contributed by atoms with Crippen molar-refractivity contribution in [2.45, 2.75) is 19.4 Å². The summed E-state index contributed by atoms with van der Waals surface area (Å²) >= 11 is 0. The van der Waals surface area contributed by atoms with Gasteiger partial charge in [-0.05, 0) is 13.5 Å². The maximum absolute atomic E-state index is 9.34. The van der Waals surface area contributed by atoms with Crippen LogP contribution in [0.5, 0.6) is 0 Å². The molecule has 1 rings (SSSR count). The highest BCUT2D eigenvalue weighted by molar-refractivity contribution is 4.67. The molecule has 13 heavy (non-hydrogen) atoms. The fraction of sp³-hybridized carbons (Fsp3) is 1.00. The molecule has 0 saturated carbocycles. The number of hydrogen-bond donors (Lipinski definition) is 2. The molecule has 4 nitrogen and oxygen atoms in total. The summed E-state index contributed by atoms with van der Waals surface area (Å²) in [7, 11) is 2.14. The van der Waals surface area contributed by atoms with E-state index in [1.165, 1.54) is 0 Å². The molecule has 4 heteroatoms. The Morgan fingerprint density at radius 1 is 1.31 bits per heavy atom. The van der Waals surface area contributed by atoms with E-state index in [1.54, 1.807) is 0 Å². The molecular weight excluding hydrogens is 166 g/mol. The SMILES string of the molecule is CCC(O)CNN1CCN(C)CC1. The molecule has 0 aromatic rings. The molecule has 0 spiro atoms. The van der Waals surface area contributed by atoms with Crippen molar-refractivity contribution in [2.24, 2.45) is 0 Å². The summed E-state index contributed by atoms with van der Waals surface area (Å²) < 4.78 is 0. The lowest BCUT2D eigenvalue weighted by molar-refractivity contribution is 0.0734. The van der Waals surface area contributed by atoms with Crippen molar-refractivity contribution in [3.05, 3.63) is 0 Å². The van der Waals surface area contributed by atoms with Crippen molar-refractivity contribution < 1.29 is 5.11 Å². The summed E-state index contributed by atoms with van der Waals surface area (Å²) in [6.45, 7) is 6.99. The molecule has 0 aromatic heterocycles. The number of nitrogens with one attached hydrogen (secondary N) is 1. The van der Waals surface area contributed by atoms with Crippen LogP contribution in [0.15, 0.2) is 0 Å². The van der Waals surface area contributed by atoms with E-state index in [2.05, 4.69) is 22.4 Å². The first kappa shape index (κ1) is 10.9. The van der Waals surface area contributed by atoms with Gasteiger partial charge >= 0.3 is 0 Å². The summed E-state index contributed by atoms with van der Waals surface area (Å²) in [6, 6.07) is 0. The third kappa shape index (κ3) is 4.04. The number of piperazine rings is 1. The number of nitrogens with zero attached hydrogens (tertiary/aromatic N) is 2. The smallest absolute Gasteiger partial charge is 0.0676 e. The topological polar surface area (TPSA) is 38.7 Å². The standard InChI is InChI=1S/C9H21N3O/c1-3-9(13)8-10-12-6-4-11(2)5-7-12/h9-10,13H,3-8H2,1-2H3. The Morgan fingerprint density at radius 3 is 2.46 bits per heavy atom. The Balaban J connectivity index is 2.08. The summed E-state index contributed by atoms with van der Waals surface area (Å²) in [5.74, 6) is 0. The van der Waals surface area contributed by atoms with Crippen molar-refractivity contribution in [3.8, 4) is 0 Å². The van der Waals surface area contributed by atoms with Crippen molar-refractivity contribution in [1.29, 1.82) is 0 Å². The van der Waals surface area contributed by atoms with E-state index in [9.17, 15) is 5.11 Å². The van der Waals surface area contributed by atoms with Crippen molar-refractivity contribution in [1.82, 2.24) is 15.3 Å². The molecule has 1 atom stereocenters. The van der Waals surface area contributed by atoms with Crippen LogP contribution in [0, 0.1) is 0 Å². The fourth-order valence-electron chi connectivity index (χ4n) is 1.34. The van der Waals surface area contributed by atoms with Crippen LogP contribution in [-0.4, -0.2) is 60.9 Å². The second-order valence-corrected chi connectivity index (χ2v) is 3.71. The molecule has 0 aromatic carbocycles. The minimum atomic E-state index is -0.209. The summed E-state index contributed by atoms with van der Waals surface area (Å²) in [5.41, 5.74) is 3.25. The third-order valence-corrected chi connectivity index (χ3v) is 2.53. The van der Waals surface area contributed by atoms with Gasteiger partial charge in [0.05, 0.1) is 6.10 Å². The van der Waals surface area contributed by atoms with Crippen LogP contribution in [0.2, 0.25) is 0 Å².